The molecule has 2 aliphatic heterocycles. The van der Waals surface area contributed by atoms with Crippen molar-refractivity contribution in [3.63, 3.8) is 0 Å². The molecule has 0 bridgehead atoms. The van der Waals surface area contributed by atoms with Crippen LogP contribution in [0.25, 0.3) is 0 Å². The Morgan fingerprint density at radius 2 is 2.25 bits per heavy atom. The Hall–Kier alpha value is -1.65. The van der Waals surface area contributed by atoms with E-state index in [0.717, 1.165) is 24.6 Å². The molecule has 2 saturated heterocycles. The van der Waals surface area contributed by atoms with E-state index < -0.39 is 6.56 Å². The number of halogens is 1. The van der Waals surface area contributed by atoms with Gasteiger partial charge in [-0.3, -0.25) is 0 Å². The third kappa shape index (κ3) is 3.65. The first-order valence-corrected chi connectivity index (χ1v) is 10.1. The zero-order valence-corrected chi connectivity index (χ0v) is 16.6. The third-order valence-electron chi connectivity index (χ3n) is 5.41. The van der Waals surface area contributed by atoms with Crippen molar-refractivity contribution in [1.82, 2.24) is 15.0 Å². The Morgan fingerprint density at radius 3 is 2.93 bits per heavy atom. The number of aliphatic hydroxyl groups is 1. The fraction of sp³-hybridized carbons (Fsp3) is 0.500. The maximum Gasteiger partial charge on any atom is 0.152 e. The van der Waals surface area contributed by atoms with Crippen LogP contribution in [0.4, 0.5) is 11.6 Å². The van der Waals surface area contributed by atoms with Crippen LogP contribution in [0.1, 0.15) is 22.6 Å². The van der Waals surface area contributed by atoms with Gasteiger partial charge in [0.05, 0.1) is 35.1 Å². The number of pyridine rings is 1. The van der Waals surface area contributed by atoms with Gasteiger partial charge in [0.15, 0.2) is 5.82 Å². The summed E-state index contributed by atoms with van der Waals surface area (Å²) >= 11 is 7.19. The molecule has 150 valence electrons. The minimum Gasteiger partial charge on any atom is -0.390 e. The summed E-state index contributed by atoms with van der Waals surface area (Å²) in [5.41, 5.74) is 11.6. The lowest BCUT2D eigenvalue weighted by Crippen LogP contribution is -2.49. The Kier molecular flexibility index (Phi) is 4.62. The van der Waals surface area contributed by atoms with Crippen LogP contribution in [0.15, 0.2) is 28.4 Å². The maximum absolute atomic E-state index is 10.2. The Labute approximate surface area is 176 Å². The molecule has 0 saturated carbocycles. The maximum atomic E-state index is 10.2. The van der Waals surface area contributed by atoms with Crippen molar-refractivity contribution in [2.75, 3.05) is 36.9 Å². The number of nitrogen functional groups attached to an aromatic ring is 1. The van der Waals surface area contributed by atoms with Gasteiger partial charge in [-0.25, -0.2) is 15.0 Å². The second kappa shape index (κ2) is 8.00. The Bertz CT molecular complexity index is 987. The van der Waals surface area contributed by atoms with Crippen molar-refractivity contribution >= 4 is 35.0 Å². The molecular weight excluding hydrogens is 400 g/mol. The first kappa shape index (κ1) is 16.2. The monoisotopic (exact) mass is 425 g/mol. The molecule has 2 fully saturated rings. The molecule has 2 aromatic heterocycles. The second-order valence-electron chi connectivity index (χ2n) is 7.01. The van der Waals surface area contributed by atoms with Crippen LogP contribution in [-0.4, -0.2) is 52.4 Å². The lowest BCUT2D eigenvalue weighted by molar-refractivity contribution is 0.131. The van der Waals surface area contributed by atoms with Crippen molar-refractivity contribution in [2.45, 2.75) is 35.4 Å². The summed E-state index contributed by atoms with van der Waals surface area (Å²) in [5.74, 6) is 0.293. The highest BCUT2D eigenvalue weighted by atomic mass is 35.5. The molecule has 1 spiro atoms. The smallest absolute Gasteiger partial charge is 0.152 e. The lowest BCUT2D eigenvalue weighted by atomic mass is 9.75. The van der Waals surface area contributed by atoms with Gasteiger partial charge in [0, 0.05) is 35.6 Å². The number of ether oxygens (including phenoxy) is 1. The minimum absolute atomic E-state index is 0.0347. The Morgan fingerprint density at radius 1 is 1.46 bits per heavy atom. The van der Waals surface area contributed by atoms with E-state index >= 15 is 0 Å². The van der Waals surface area contributed by atoms with E-state index in [-0.39, 0.29) is 45.0 Å². The minimum atomic E-state index is -2.74. The predicted molar refractivity (Wildman–Crippen MR) is 108 cm³/mol. The summed E-state index contributed by atoms with van der Waals surface area (Å²) in [4.78, 5) is 14.8. The van der Waals surface area contributed by atoms with Crippen molar-refractivity contribution in [1.29, 1.82) is 0 Å². The largest absolute Gasteiger partial charge is 0.390 e. The number of hydrogen-bond acceptors (Lipinski definition) is 9. The average Bonchev–Trinajstić information content (AvgIpc) is 3.06. The van der Waals surface area contributed by atoms with E-state index in [9.17, 15) is 5.11 Å². The summed E-state index contributed by atoms with van der Waals surface area (Å²) in [5, 5.41) is 10.5. The van der Waals surface area contributed by atoms with Crippen molar-refractivity contribution in [2.24, 2.45) is 11.1 Å². The Balaban J connectivity index is 1.64. The van der Waals surface area contributed by atoms with Gasteiger partial charge in [-0.2, -0.15) is 0 Å². The fourth-order valence-corrected chi connectivity index (χ4v) is 4.63. The van der Waals surface area contributed by atoms with Crippen molar-refractivity contribution in [3.8, 4) is 0 Å². The molecule has 1 atom stereocenters. The zero-order valence-electron chi connectivity index (χ0n) is 18.1. The van der Waals surface area contributed by atoms with Crippen molar-refractivity contribution < 1.29 is 14.0 Å². The molecule has 4 rings (SSSR count). The van der Waals surface area contributed by atoms with Crippen molar-refractivity contribution in [3.05, 3.63) is 29.2 Å². The van der Waals surface area contributed by atoms with E-state index in [0.29, 0.717) is 31.2 Å². The average molecular weight is 426 g/mol. The van der Waals surface area contributed by atoms with Crippen LogP contribution >= 0.6 is 23.4 Å². The first-order chi connectivity index (χ1) is 14.6. The molecule has 0 unspecified atom stereocenters. The molecule has 28 heavy (non-hydrogen) atoms. The molecule has 10 heteroatoms. The molecule has 0 aliphatic carbocycles. The molecule has 8 nitrogen and oxygen atoms in total. The molecule has 0 radical (unpaired) electrons. The summed E-state index contributed by atoms with van der Waals surface area (Å²) < 4.78 is 29.6. The SMILES string of the molecule is [2H]c1nc(N2CCC3(CC2)COC[C@H]3N)c(C([2H])([2H])O)nc1Sc1ccnc(N)c1Cl. The highest BCUT2D eigenvalue weighted by molar-refractivity contribution is 7.99. The summed E-state index contributed by atoms with van der Waals surface area (Å²) in [6, 6.07) is 1.58. The number of nitrogens with zero attached hydrogens (tertiary/aromatic N) is 4. The summed E-state index contributed by atoms with van der Waals surface area (Å²) in [6.45, 7) is -0.499. The van der Waals surface area contributed by atoms with E-state index in [4.69, 9.17) is 31.9 Å². The normalized spacial score (nSPS) is 23.5. The van der Waals surface area contributed by atoms with E-state index in [1.807, 2.05) is 4.90 Å². The van der Waals surface area contributed by atoms with Crippen LogP contribution in [0.5, 0.6) is 0 Å². The number of nitrogens with two attached hydrogens (primary N) is 2. The molecule has 5 N–H and O–H groups in total. The van der Waals surface area contributed by atoms with Crippen LogP contribution in [0.2, 0.25) is 5.02 Å². The fourth-order valence-electron chi connectivity index (χ4n) is 3.65. The van der Waals surface area contributed by atoms with Gasteiger partial charge in [-0.1, -0.05) is 23.4 Å². The number of aromatic nitrogens is 3. The molecule has 0 amide bonds. The molecule has 2 aliphatic rings. The highest BCUT2D eigenvalue weighted by Gasteiger charge is 2.44. The van der Waals surface area contributed by atoms with Gasteiger partial charge in [-0.15, -0.1) is 0 Å². The van der Waals surface area contributed by atoms with Crippen LogP contribution in [-0.2, 0) is 11.3 Å². The highest BCUT2D eigenvalue weighted by Crippen LogP contribution is 2.40. The van der Waals surface area contributed by atoms with Gasteiger partial charge >= 0.3 is 0 Å². The second-order valence-corrected chi connectivity index (χ2v) is 8.41. The molecule has 2 aromatic rings. The standard InChI is InChI=1S/C18H23ClN6O2S/c19-15-12(1-4-22-16(15)21)28-14-7-23-17(11(8-26)24-14)25-5-2-18(3-6-25)10-27-9-13(18)20/h1,4,7,13,26H,2-3,5-6,8-10,20H2,(H2,21,22)/t13-/m1/s1/i7D,8D2. The van der Waals surface area contributed by atoms with Crippen LogP contribution in [0.3, 0.4) is 0 Å². The predicted octanol–water partition coefficient (Wildman–Crippen LogP) is 1.69. The van der Waals surface area contributed by atoms with Crippen LogP contribution in [0, 0.1) is 5.41 Å². The molecule has 0 aromatic carbocycles. The first-order valence-electron chi connectivity index (χ1n) is 10.4. The third-order valence-corrected chi connectivity index (χ3v) is 6.85. The van der Waals surface area contributed by atoms with Gasteiger partial charge in [-0.05, 0) is 18.9 Å². The van der Waals surface area contributed by atoms with Crippen LogP contribution < -0.4 is 16.4 Å². The van der Waals surface area contributed by atoms with Gasteiger partial charge in [0.25, 0.3) is 0 Å². The summed E-state index contributed by atoms with van der Waals surface area (Å²) in [7, 11) is 0. The quantitative estimate of drug-likeness (QED) is 0.671. The van der Waals surface area contributed by atoms with Gasteiger partial charge in [0.2, 0.25) is 0 Å². The van der Waals surface area contributed by atoms with E-state index in [1.54, 1.807) is 6.07 Å². The summed E-state index contributed by atoms with van der Waals surface area (Å²) in [6.07, 6.45) is 2.82. The van der Waals surface area contributed by atoms with E-state index in [1.165, 1.54) is 6.20 Å². The van der Waals surface area contributed by atoms with E-state index in [2.05, 4.69) is 15.0 Å². The number of hydrogen-bond donors (Lipinski definition) is 3. The number of anilines is 2. The van der Waals surface area contributed by atoms with Gasteiger partial charge < -0.3 is 26.2 Å². The molecule has 4 heterocycles. The molecular formula is C18H23ClN6O2S. The lowest BCUT2D eigenvalue weighted by Gasteiger charge is -2.41. The van der Waals surface area contributed by atoms with Gasteiger partial charge in [0.1, 0.15) is 16.5 Å². The topological polar surface area (TPSA) is 123 Å². The zero-order chi connectivity index (χ0) is 22.4. The number of rotatable bonds is 4. The number of piperidine rings is 1.